The second-order valence-electron chi connectivity index (χ2n) is 4.01. The van der Waals surface area contributed by atoms with Crippen LogP contribution in [0.1, 0.15) is 19.8 Å². The van der Waals surface area contributed by atoms with Gasteiger partial charge in [0.05, 0.1) is 5.60 Å². The normalized spacial score (nSPS) is 38.1. The fourth-order valence-corrected chi connectivity index (χ4v) is 1.91. The molecular weight excluding hydrogens is 150 g/mol. The summed E-state index contributed by atoms with van der Waals surface area (Å²) in [6.45, 7) is 7.78. The summed E-state index contributed by atoms with van der Waals surface area (Å²) in [5.74, 6) is 0.356. The fraction of sp³-hybridized carbons (Fsp3) is 0.800. The molecule has 1 saturated heterocycles. The van der Waals surface area contributed by atoms with E-state index in [9.17, 15) is 5.11 Å². The fourth-order valence-electron chi connectivity index (χ4n) is 1.91. The van der Waals surface area contributed by atoms with Crippen LogP contribution in [-0.4, -0.2) is 35.7 Å². The SMILES string of the molecule is C=CC[C@@]1(O)CCN(C)C[C@H]1C. The number of nitrogens with zero attached hydrogens (tertiary/aromatic N) is 1. The lowest BCUT2D eigenvalue weighted by Crippen LogP contribution is -2.49. The lowest BCUT2D eigenvalue weighted by Gasteiger charge is -2.41. The van der Waals surface area contributed by atoms with Gasteiger partial charge in [-0.1, -0.05) is 13.0 Å². The molecule has 0 aliphatic carbocycles. The molecule has 1 aliphatic heterocycles. The third-order valence-electron chi connectivity index (χ3n) is 2.93. The van der Waals surface area contributed by atoms with Crippen LogP contribution in [0.25, 0.3) is 0 Å². The quantitative estimate of drug-likeness (QED) is 0.629. The molecule has 2 atom stereocenters. The van der Waals surface area contributed by atoms with Gasteiger partial charge in [0.1, 0.15) is 0 Å². The molecular formula is C10H19NO. The Hall–Kier alpha value is -0.340. The zero-order valence-corrected chi connectivity index (χ0v) is 8.08. The first kappa shape index (κ1) is 9.75. The topological polar surface area (TPSA) is 23.5 Å². The van der Waals surface area contributed by atoms with Gasteiger partial charge in [-0.3, -0.25) is 0 Å². The van der Waals surface area contributed by atoms with Crippen molar-refractivity contribution in [2.24, 2.45) is 5.92 Å². The molecule has 0 amide bonds. The molecule has 12 heavy (non-hydrogen) atoms. The van der Waals surface area contributed by atoms with E-state index < -0.39 is 5.60 Å². The number of aliphatic hydroxyl groups is 1. The van der Waals surface area contributed by atoms with Crippen molar-refractivity contribution in [3.63, 3.8) is 0 Å². The molecule has 0 bridgehead atoms. The Morgan fingerprint density at radius 3 is 2.92 bits per heavy atom. The second kappa shape index (κ2) is 3.58. The van der Waals surface area contributed by atoms with E-state index in [1.807, 2.05) is 6.08 Å². The Kier molecular flexibility index (Phi) is 2.91. The maximum Gasteiger partial charge on any atom is 0.0731 e. The molecule has 2 heteroatoms. The average molecular weight is 169 g/mol. The Morgan fingerprint density at radius 1 is 1.75 bits per heavy atom. The van der Waals surface area contributed by atoms with Gasteiger partial charge in [-0.15, -0.1) is 6.58 Å². The Balaban J connectivity index is 2.59. The minimum atomic E-state index is -0.492. The van der Waals surface area contributed by atoms with Crippen LogP contribution >= 0.6 is 0 Å². The molecule has 70 valence electrons. The second-order valence-corrected chi connectivity index (χ2v) is 4.01. The highest BCUT2D eigenvalue weighted by Gasteiger charge is 2.36. The summed E-state index contributed by atoms with van der Waals surface area (Å²) in [5.41, 5.74) is -0.492. The van der Waals surface area contributed by atoms with Crippen LogP contribution in [0.15, 0.2) is 12.7 Å². The molecule has 0 aromatic rings. The van der Waals surface area contributed by atoms with Crippen molar-refractivity contribution in [3.05, 3.63) is 12.7 Å². The van der Waals surface area contributed by atoms with Crippen molar-refractivity contribution in [2.75, 3.05) is 20.1 Å². The molecule has 1 heterocycles. The van der Waals surface area contributed by atoms with Gasteiger partial charge in [-0.2, -0.15) is 0 Å². The van der Waals surface area contributed by atoms with E-state index >= 15 is 0 Å². The summed E-state index contributed by atoms with van der Waals surface area (Å²) in [4.78, 5) is 2.27. The van der Waals surface area contributed by atoms with Crippen molar-refractivity contribution >= 4 is 0 Å². The Bertz CT molecular complexity index is 169. The highest BCUT2D eigenvalue weighted by molar-refractivity contribution is 4.94. The van der Waals surface area contributed by atoms with E-state index in [0.29, 0.717) is 5.92 Å². The van der Waals surface area contributed by atoms with Crippen LogP contribution in [0.2, 0.25) is 0 Å². The van der Waals surface area contributed by atoms with Crippen LogP contribution < -0.4 is 0 Å². The smallest absolute Gasteiger partial charge is 0.0731 e. The highest BCUT2D eigenvalue weighted by atomic mass is 16.3. The molecule has 1 N–H and O–H groups in total. The molecule has 0 aromatic heterocycles. The third-order valence-corrected chi connectivity index (χ3v) is 2.93. The lowest BCUT2D eigenvalue weighted by molar-refractivity contribution is -0.0574. The van der Waals surface area contributed by atoms with E-state index in [2.05, 4.69) is 25.5 Å². The van der Waals surface area contributed by atoms with Gasteiger partial charge in [-0.25, -0.2) is 0 Å². The van der Waals surface area contributed by atoms with Gasteiger partial charge >= 0.3 is 0 Å². The number of rotatable bonds is 2. The number of piperidine rings is 1. The molecule has 2 nitrogen and oxygen atoms in total. The van der Waals surface area contributed by atoms with E-state index in [1.165, 1.54) is 0 Å². The zero-order chi connectivity index (χ0) is 9.19. The van der Waals surface area contributed by atoms with E-state index in [-0.39, 0.29) is 0 Å². The van der Waals surface area contributed by atoms with E-state index in [0.717, 1.165) is 25.9 Å². The van der Waals surface area contributed by atoms with Gasteiger partial charge in [0.15, 0.2) is 0 Å². The van der Waals surface area contributed by atoms with Crippen molar-refractivity contribution in [3.8, 4) is 0 Å². The van der Waals surface area contributed by atoms with Crippen LogP contribution in [-0.2, 0) is 0 Å². The lowest BCUT2D eigenvalue weighted by atomic mass is 9.80. The molecule has 1 aliphatic rings. The first-order valence-electron chi connectivity index (χ1n) is 4.60. The standard InChI is InChI=1S/C10H19NO/c1-4-5-10(12)6-7-11(3)8-9(10)2/h4,9,12H,1,5-8H2,2-3H3/t9-,10-/m1/s1. The summed E-state index contributed by atoms with van der Waals surface area (Å²) < 4.78 is 0. The maximum atomic E-state index is 10.2. The van der Waals surface area contributed by atoms with E-state index in [4.69, 9.17) is 0 Å². The van der Waals surface area contributed by atoms with Gasteiger partial charge in [0, 0.05) is 13.1 Å². The van der Waals surface area contributed by atoms with Crippen molar-refractivity contribution in [1.29, 1.82) is 0 Å². The number of likely N-dealkylation sites (tertiary alicyclic amines) is 1. The molecule has 0 radical (unpaired) electrons. The summed E-state index contributed by atoms with van der Waals surface area (Å²) in [6.07, 6.45) is 3.42. The molecule has 0 saturated carbocycles. The summed E-state index contributed by atoms with van der Waals surface area (Å²) in [5, 5.41) is 10.2. The summed E-state index contributed by atoms with van der Waals surface area (Å²) >= 11 is 0. The van der Waals surface area contributed by atoms with Crippen molar-refractivity contribution < 1.29 is 5.11 Å². The minimum absolute atomic E-state index is 0.356. The first-order valence-corrected chi connectivity index (χ1v) is 4.60. The van der Waals surface area contributed by atoms with Gasteiger partial charge in [0.2, 0.25) is 0 Å². The molecule has 1 rings (SSSR count). The molecule has 1 fully saturated rings. The Morgan fingerprint density at radius 2 is 2.42 bits per heavy atom. The van der Waals surface area contributed by atoms with Crippen molar-refractivity contribution in [2.45, 2.75) is 25.4 Å². The van der Waals surface area contributed by atoms with Gasteiger partial charge in [-0.05, 0) is 25.8 Å². The van der Waals surface area contributed by atoms with Crippen molar-refractivity contribution in [1.82, 2.24) is 4.90 Å². The van der Waals surface area contributed by atoms with Crippen LogP contribution in [0, 0.1) is 5.92 Å². The van der Waals surface area contributed by atoms with Gasteiger partial charge in [0.25, 0.3) is 0 Å². The predicted molar refractivity (Wildman–Crippen MR) is 51.0 cm³/mol. The van der Waals surface area contributed by atoms with E-state index in [1.54, 1.807) is 0 Å². The summed E-state index contributed by atoms with van der Waals surface area (Å²) in [7, 11) is 2.10. The predicted octanol–water partition coefficient (Wildman–Crippen LogP) is 1.27. The monoisotopic (exact) mass is 169 g/mol. The molecule has 0 spiro atoms. The highest BCUT2D eigenvalue weighted by Crippen LogP contribution is 2.30. The Labute approximate surface area is 74.9 Å². The first-order chi connectivity index (χ1) is 5.58. The average Bonchev–Trinajstić information content (AvgIpc) is 1.99. The van der Waals surface area contributed by atoms with Gasteiger partial charge < -0.3 is 10.0 Å². The zero-order valence-electron chi connectivity index (χ0n) is 8.08. The molecule has 0 unspecified atom stereocenters. The maximum absolute atomic E-state index is 10.2. The molecule has 0 aromatic carbocycles. The van der Waals surface area contributed by atoms with Crippen LogP contribution in [0.3, 0.4) is 0 Å². The number of hydrogen-bond donors (Lipinski definition) is 1. The summed E-state index contributed by atoms with van der Waals surface area (Å²) in [6, 6.07) is 0. The third kappa shape index (κ3) is 1.87. The largest absolute Gasteiger partial charge is 0.389 e. The van der Waals surface area contributed by atoms with Crippen LogP contribution in [0.4, 0.5) is 0 Å². The minimum Gasteiger partial charge on any atom is -0.389 e. The van der Waals surface area contributed by atoms with Crippen LogP contribution in [0.5, 0.6) is 0 Å². The number of hydrogen-bond acceptors (Lipinski definition) is 2.